The first-order valence-corrected chi connectivity index (χ1v) is 7.33. The molecule has 4 nitrogen and oxygen atoms in total. The van der Waals surface area contributed by atoms with Crippen LogP contribution in [0.4, 0.5) is 0 Å². The molecule has 1 fully saturated rings. The normalized spacial score (nSPS) is 17.8. The number of carbonyl (C=O) groups is 2. The molecule has 1 N–H and O–H groups in total. The molecule has 1 saturated carbocycles. The molecule has 0 spiro atoms. The molecule has 0 aromatic rings. The number of carbonyl (C=O) groups excluding carboxylic acids is 1. The SMILES string of the molecule is CC(C)(C)N(CC(=O)O)C(=O)CC1CCCCCC1. The molecule has 1 rings (SSSR count). The summed E-state index contributed by atoms with van der Waals surface area (Å²) in [6.07, 6.45) is 7.66. The Morgan fingerprint density at radius 3 is 2.05 bits per heavy atom. The van der Waals surface area contributed by atoms with Crippen molar-refractivity contribution < 1.29 is 14.7 Å². The second kappa shape index (κ2) is 6.92. The third-order valence-electron chi connectivity index (χ3n) is 3.84. The Morgan fingerprint density at radius 2 is 1.63 bits per heavy atom. The molecule has 1 amide bonds. The molecule has 1 aliphatic carbocycles. The fraction of sp³-hybridized carbons (Fsp3) is 0.867. The molecule has 110 valence electrons. The van der Waals surface area contributed by atoms with Gasteiger partial charge in [0.1, 0.15) is 6.54 Å². The fourth-order valence-corrected chi connectivity index (χ4v) is 2.76. The van der Waals surface area contributed by atoms with E-state index >= 15 is 0 Å². The number of nitrogens with zero attached hydrogens (tertiary/aromatic N) is 1. The number of carboxylic acid groups (broad SMARTS) is 1. The lowest BCUT2D eigenvalue weighted by Gasteiger charge is -2.35. The van der Waals surface area contributed by atoms with Gasteiger partial charge in [-0.3, -0.25) is 9.59 Å². The maximum atomic E-state index is 12.4. The van der Waals surface area contributed by atoms with Gasteiger partial charge in [-0.2, -0.15) is 0 Å². The van der Waals surface area contributed by atoms with E-state index < -0.39 is 11.5 Å². The molecule has 0 aromatic carbocycles. The van der Waals surface area contributed by atoms with Gasteiger partial charge in [0.2, 0.25) is 5.91 Å². The predicted molar refractivity (Wildman–Crippen MR) is 74.9 cm³/mol. The molecule has 0 radical (unpaired) electrons. The highest BCUT2D eigenvalue weighted by Gasteiger charge is 2.29. The summed E-state index contributed by atoms with van der Waals surface area (Å²) < 4.78 is 0. The first-order valence-electron chi connectivity index (χ1n) is 7.33. The molecule has 0 aromatic heterocycles. The molecular weight excluding hydrogens is 242 g/mol. The van der Waals surface area contributed by atoms with Crippen LogP contribution in [0.15, 0.2) is 0 Å². The zero-order chi connectivity index (χ0) is 14.5. The molecule has 0 aliphatic heterocycles. The number of aliphatic carboxylic acids is 1. The summed E-state index contributed by atoms with van der Waals surface area (Å²) in [5, 5.41) is 8.95. The van der Waals surface area contributed by atoms with Crippen LogP contribution in [0.1, 0.15) is 65.7 Å². The number of carboxylic acids is 1. The largest absolute Gasteiger partial charge is 0.480 e. The summed E-state index contributed by atoms with van der Waals surface area (Å²) in [5.41, 5.74) is -0.430. The van der Waals surface area contributed by atoms with E-state index in [4.69, 9.17) is 5.11 Å². The standard InChI is InChI=1S/C15H27NO3/c1-15(2,3)16(11-14(18)19)13(17)10-12-8-6-4-5-7-9-12/h12H,4-11H2,1-3H3,(H,18,19). The van der Waals surface area contributed by atoms with Crippen LogP contribution in [-0.2, 0) is 9.59 Å². The van der Waals surface area contributed by atoms with E-state index in [-0.39, 0.29) is 12.5 Å². The highest BCUT2D eigenvalue weighted by atomic mass is 16.4. The highest BCUT2D eigenvalue weighted by Crippen LogP contribution is 2.27. The van der Waals surface area contributed by atoms with Crippen molar-refractivity contribution >= 4 is 11.9 Å². The van der Waals surface area contributed by atoms with Crippen LogP contribution >= 0.6 is 0 Å². The lowest BCUT2D eigenvalue weighted by molar-refractivity contribution is -0.148. The summed E-state index contributed by atoms with van der Waals surface area (Å²) in [7, 11) is 0. The van der Waals surface area contributed by atoms with E-state index in [1.165, 1.54) is 30.6 Å². The van der Waals surface area contributed by atoms with Crippen LogP contribution in [0, 0.1) is 5.92 Å². The average Bonchev–Trinajstić information content (AvgIpc) is 2.52. The van der Waals surface area contributed by atoms with E-state index in [9.17, 15) is 9.59 Å². The minimum atomic E-state index is -0.941. The van der Waals surface area contributed by atoms with Gasteiger partial charge in [-0.25, -0.2) is 0 Å². The molecule has 0 saturated heterocycles. The van der Waals surface area contributed by atoms with Gasteiger partial charge in [0, 0.05) is 12.0 Å². The van der Waals surface area contributed by atoms with Crippen molar-refractivity contribution in [2.75, 3.05) is 6.54 Å². The number of hydrogen-bond acceptors (Lipinski definition) is 2. The van der Waals surface area contributed by atoms with Crippen LogP contribution in [-0.4, -0.2) is 34.0 Å². The van der Waals surface area contributed by atoms with Crippen LogP contribution < -0.4 is 0 Å². The van der Waals surface area contributed by atoms with Gasteiger partial charge < -0.3 is 10.0 Å². The fourth-order valence-electron chi connectivity index (χ4n) is 2.76. The van der Waals surface area contributed by atoms with Gasteiger partial charge in [-0.15, -0.1) is 0 Å². The molecule has 0 heterocycles. The van der Waals surface area contributed by atoms with E-state index in [0.717, 1.165) is 12.8 Å². The zero-order valence-corrected chi connectivity index (χ0v) is 12.4. The molecule has 0 atom stereocenters. The minimum Gasteiger partial charge on any atom is -0.480 e. The van der Waals surface area contributed by atoms with Gasteiger partial charge in [0.25, 0.3) is 0 Å². The van der Waals surface area contributed by atoms with Crippen LogP contribution in [0.25, 0.3) is 0 Å². The second-order valence-electron chi connectivity index (χ2n) is 6.61. The van der Waals surface area contributed by atoms with Crippen LogP contribution in [0.3, 0.4) is 0 Å². The maximum absolute atomic E-state index is 12.4. The van der Waals surface area contributed by atoms with Crippen molar-refractivity contribution in [3.63, 3.8) is 0 Å². The van der Waals surface area contributed by atoms with Crippen molar-refractivity contribution in [2.24, 2.45) is 5.92 Å². The van der Waals surface area contributed by atoms with Crippen LogP contribution in [0.2, 0.25) is 0 Å². The smallest absolute Gasteiger partial charge is 0.323 e. The monoisotopic (exact) mass is 269 g/mol. The summed E-state index contributed by atoms with van der Waals surface area (Å²) in [4.78, 5) is 24.8. The predicted octanol–water partition coefficient (Wildman–Crippen LogP) is 3.06. The number of rotatable bonds is 4. The Kier molecular flexibility index (Phi) is 5.83. The van der Waals surface area contributed by atoms with E-state index in [1.807, 2.05) is 20.8 Å². The summed E-state index contributed by atoms with van der Waals surface area (Å²) in [5.74, 6) is -0.514. The maximum Gasteiger partial charge on any atom is 0.323 e. The molecule has 0 bridgehead atoms. The Balaban J connectivity index is 2.62. The van der Waals surface area contributed by atoms with Crippen molar-refractivity contribution in [3.05, 3.63) is 0 Å². The first-order chi connectivity index (χ1) is 8.80. The molecule has 0 unspecified atom stereocenters. The Hall–Kier alpha value is -1.06. The van der Waals surface area contributed by atoms with Crippen molar-refractivity contribution in [1.29, 1.82) is 0 Å². The number of amides is 1. The lowest BCUT2D eigenvalue weighted by Crippen LogP contribution is -2.48. The summed E-state index contributed by atoms with van der Waals surface area (Å²) in [6, 6.07) is 0. The zero-order valence-electron chi connectivity index (χ0n) is 12.4. The quantitative estimate of drug-likeness (QED) is 0.798. The number of hydrogen-bond donors (Lipinski definition) is 1. The Labute approximate surface area is 116 Å². The first kappa shape index (κ1) is 16.0. The topological polar surface area (TPSA) is 57.6 Å². The molecule has 4 heteroatoms. The van der Waals surface area contributed by atoms with Gasteiger partial charge in [0.05, 0.1) is 0 Å². The average molecular weight is 269 g/mol. The van der Waals surface area contributed by atoms with E-state index in [2.05, 4.69) is 0 Å². The Morgan fingerprint density at radius 1 is 1.11 bits per heavy atom. The van der Waals surface area contributed by atoms with Crippen molar-refractivity contribution in [2.45, 2.75) is 71.3 Å². The molecular formula is C15H27NO3. The van der Waals surface area contributed by atoms with Gasteiger partial charge in [-0.1, -0.05) is 25.7 Å². The van der Waals surface area contributed by atoms with Crippen molar-refractivity contribution in [3.8, 4) is 0 Å². The van der Waals surface area contributed by atoms with E-state index in [1.54, 1.807) is 0 Å². The van der Waals surface area contributed by atoms with Crippen LogP contribution in [0.5, 0.6) is 0 Å². The third-order valence-corrected chi connectivity index (χ3v) is 3.84. The Bertz CT molecular complexity index is 312. The van der Waals surface area contributed by atoms with E-state index in [0.29, 0.717) is 12.3 Å². The minimum absolute atomic E-state index is 0.0122. The van der Waals surface area contributed by atoms with Crippen molar-refractivity contribution in [1.82, 2.24) is 4.90 Å². The molecule has 19 heavy (non-hydrogen) atoms. The van der Waals surface area contributed by atoms with Gasteiger partial charge in [-0.05, 0) is 39.5 Å². The van der Waals surface area contributed by atoms with Gasteiger partial charge >= 0.3 is 5.97 Å². The van der Waals surface area contributed by atoms with Gasteiger partial charge in [0.15, 0.2) is 0 Å². The summed E-state index contributed by atoms with van der Waals surface area (Å²) >= 11 is 0. The lowest BCUT2D eigenvalue weighted by atomic mass is 9.94. The highest BCUT2D eigenvalue weighted by molar-refractivity contribution is 5.82. The molecule has 1 aliphatic rings. The third kappa shape index (κ3) is 5.62. The summed E-state index contributed by atoms with van der Waals surface area (Å²) in [6.45, 7) is 5.47. The second-order valence-corrected chi connectivity index (χ2v) is 6.61.